The van der Waals surface area contributed by atoms with Crippen molar-refractivity contribution >= 4 is 11.6 Å². The topological polar surface area (TPSA) is 62.3 Å². The lowest BCUT2D eigenvalue weighted by Gasteiger charge is -2.20. The van der Waals surface area contributed by atoms with Gasteiger partial charge in [0.05, 0.1) is 7.11 Å². The van der Waals surface area contributed by atoms with E-state index in [4.69, 9.17) is 4.74 Å². The van der Waals surface area contributed by atoms with Crippen LogP contribution in [0.4, 0.5) is 11.6 Å². The normalized spacial score (nSPS) is 12.3. The van der Waals surface area contributed by atoms with Gasteiger partial charge >= 0.3 is 0 Å². The Morgan fingerprint density at radius 1 is 1.32 bits per heavy atom. The minimum absolute atomic E-state index is 0.276. The number of methoxy groups -OCH3 is 1. The van der Waals surface area contributed by atoms with E-state index in [0.717, 1.165) is 31.1 Å². The van der Waals surface area contributed by atoms with E-state index in [-0.39, 0.29) is 6.04 Å². The summed E-state index contributed by atoms with van der Waals surface area (Å²) in [6.07, 6.45) is 2.58. The number of nitrogens with zero attached hydrogens (tertiary/aromatic N) is 3. The SMILES string of the molecule is CCCNc1ncnc(NC(C)CN(C)C)c1OC. The fourth-order valence-corrected chi connectivity index (χ4v) is 1.87. The second-order valence-electron chi connectivity index (χ2n) is 4.84. The molecule has 0 radical (unpaired) electrons. The van der Waals surface area contributed by atoms with Gasteiger partial charge in [0.2, 0.25) is 5.75 Å². The van der Waals surface area contributed by atoms with Gasteiger partial charge in [-0.05, 0) is 27.4 Å². The lowest BCUT2D eigenvalue weighted by atomic mass is 10.3. The zero-order chi connectivity index (χ0) is 14.3. The van der Waals surface area contributed by atoms with Gasteiger partial charge in [-0.1, -0.05) is 6.92 Å². The number of rotatable bonds is 8. The van der Waals surface area contributed by atoms with E-state index in [1.54, 1.807) is 13.4 Å². The third-order valence-electron chi connectivity index (χ3n) is 2.57. The monoisotopic (exact) mass is 267 g/mol. The van der Waals surface area contributed by atoms with Gasteiger partial charge in [0.25, 0.3) is 0 Å². The van der Waals surface area contributed by atoms with E-state index in [2.05, 4.69) is 39.3 Å². The molecule has 6 nitrogen and oxygen atoms in total. The summed E-state index contributed by atoms with van der Waals surface area (Å²) in [4.78, 5) is 10.6. The van der Waals surface area contributed by atoms with Crippen LogP contribution in [0.5, 0.6) is 5.75 Å². The highest BCUT2D eigenvalue weighted by Gasteiger charge is 2.14. The maximum absolute atomic E-state index is 5.42. The fraction of sp³-hybridized carbons (Fsp3) is 0.692. The van der Waals surface area contributed by atoms with Crippen LogP contribution in [0.25, 0.3) is 0 Å². The predicted molar refractivity (Wildman–Crippen MR) is 79.0 cm³/mol. The molecular formula is C13H25N5O. The first kappa shape index (κ1) is 15.5. The average molecular weight is 267 g/mol. The number of ether oxygens (including phenoxy) is 1. The number of hydrogen-bond donors (Lipinski definition) is 2. The van der Waals surface area contributed by atoms with Gasteiger partial charge < -0.3 is 20.3 Å². The summed E-state index contributed by atoms with van der Waals surface area (Å²) in [5.74, 6) is 2.13. The zero-order valence-corrected chi connectivity index (χ0v) is 12.5. The highest BCUT2D eigenvalue weighted by Crippen LogP contribution is 2.29. The van der Waals surface area contributed by atoms with E-state index in [1.165, 1.54) is 0 Å². The van der Waals surface area contributed by atoms with Gasteiger partial charge in [0.15, 0.2) is 11.6 Å². The standard InChI is InChI=1S/C13H25N5O/c1-6-7-14-12-11(19-5)13(16-9-15-12)17-10(2)8-18(3)4/h9-10H,6-8H2,1-5H3,(H2,14,15,16,17). The Morgan fingerprint density at radius 3 is 2.58 bits per heavy atom. The van der Waals surface area contributed by atoms with E-state index < -0.39 is 0 Å². The van der Waals surface area contributed by atoms with Crippen molar-refractivity contribution in [2.24, 2.45) is 0 Å². The summed E-state index contributed by atoms with van der Waals surface area (Å²) < 4.78 is 5.42. The fourth-order valence-electron chi connectivity index (χ4n) is 1.87. The number of likely N-dealkylation sites (N-methyl/N-ethyl adjacent to an activating group) is 1. The van der Waals surface area contributed by atoms with Gasteiger partial charge in [0.1, 0.15) is 6.33 Å². The summed E-state index contributed by atoms with van der Waals surface area (Å²) in [6.45, 7) is 6.00. The Kier molecular flexibility index (Phi) is 6.35. The van der Waals surface area contributed by atoms with Crippen LogP contribution in [-0.2, 0) is 0 Å². The Balaban J connectivity index is 2.81. The first-order valence-corrected chi connectivity index (χ1v) is 6.62. The van der Waals surface area contributed by atoms with E-state index in [1.807, 2.05) is 14.1 Å². The molecule has 1 heterocycles. The number of aromatic nitrogens is 2. The maximum Gasteiger partial charge on any atom is 0.204 e. The molecule has 19 heavy (non-hydrogen) atoms. The van der Waals surface area contributed by atoms with Crippen molar-refractivity contribution in [3.05, 3.63) is 6.33 Å². The van der Waals surface area contributed by atoms with Crippen molar-refractivity contribution in [2.45, 2.75) is 26.3 Å². The number of nitrogens with one attached hydrogen (secondary N) is 2. The molecule has 2 N–H and O–H groups in total. The molecule has 0 aliphatic carbocycles. The second kappa shape index (κ2) is 7.78. The van der Waals surface area contributed by atoms with Crippen LogP contribution >= 0.6 is 0 Å². The Morgan fingerprint density at radius 2 is 2.00 bits per heavy atom. The lowest BCUT2D eigenvalue weighted by Crippen LogP contribution is -2.30. The quantitative estimate of drug-likeness (QED) is 0.747. The molecule has 0 aliphatic rings. The average Bonchev–Trinajstić information content (AvgIpc) is 2.35. The summed E-state index contributed by atoms with van der Waals surface area (Å²) in [6, 6.07) is 0.276. The van der Waals surface area contributed by atoms with Crippen LogP contribution in [0.1, 0.15) is 20.3 Å². The molecule has 0 aliphatic heterocycles. The number of hydrogen-bond acceptors (Lipinski definition) is 6. The summed E-state index contributed by atoms with van der Waals surface area (Å²) in [7, 11) is 5.73. The van der Waals surface area contributed by atoms with E-state index >= 15 is 0 Å². The van der Waals surface area contributed by atoms with Gasteiger partial charge in [-0.3, -0.25) is 0 Å². The first-order valence-electron chi connectivity index (χ1n) is 6.62. The summed E-state index contributed by atoms with van der Waals surface area (Å²) in [5.41, 5.74) is 0. The molecular weight excluding hydrogens is 242 g/mol. The Bertz CT molecular complexity index is 383. The van der Waals surface area contributed by atoms with Crippen molar-refractivity contribution in [2.75, 3.05) is 44.9 Å². The van der Waals surface area contributed by atoms with Crippen molar-refractivity contribution in [1.29, 1.82) is 0 Å². The molecule has 1 aromatic rings. The lowest BCUT2D eigenvalue weighted by molar-refractivity contribution is 0.388. The molecule has 0 fully saturated rings. The highest BCUT2D eigenvalue weighted by molar-refractivity contribution is 5.63. The molecule has 1 unspecified atom stereocenters. The Labute approximate surface area is 115 Å². The van der Waals surface area contributed by atoms with Crippen molar-refractivity contribution in [1.82, 2.24) is 14.9 Å². The molecule has 0 amide bonds. The molecule has 1 rings (SSSR count). The minimum atomic E-state index is 0.276. The smallest absolute Gasteiger partial charge is 0.204 e. The minimum Gasteiger partial charge on any atom is -0.490 e. The van der Waals surface area contributed by atoms with Crippen molar-refractivity contribution < 1.29 is 4.74 Å². The Hall–Kier alpha value is -1.56. The summed E-state index contributed by atoms with van der Waals surface area (Å²) >= 11 is 0. The van der Waals surface area contributed by atoms with Crippen LogP contribution in [0.2, 0.25) is 0 Å². The third-order valence-corrected chi connectivity index (χ3v) is 2.57. The van der Waals surface area contributed by atoms with E-state index in [0.29, 0.717) is 5.75 Å². The largest absolute Gasteiger partial charge is 0.490 e. The molecule has 0 bridgehead atoms. The van der Waals surface area contributed by atoms with E-state index in [9.17, 15) is 0 Å². The van der Waals surface area contributed by atoms with Gasteiger partial charge in [0, 0.05) is 19.1 Å². The third kappa shape index (κ3) is 4.90. The molecule has 0 saturated carbocycles. The van der Waals surface area contributed by atoms with Crippen LogP contribution in [0, 0.1) is 0 Å². The molecule has 0 aromatic carbocycles. The van der Waals surface area contributed by atoms with Crippen LogP contribution < -0.4 is 15.4 Å². The highest BCUT2D eigenvalue weighted by atomic mass is 16.5. The molecule has 1 aromatic heterocycles. The zero-order valence-electron chi connectivity index (χ0n) is 12.5. The number of anilines is 2. The van der Waals surface area contributed by atoms with Crippen LogP contribution in [-0.4, -0.2) is 55.2 Å². The maximum atomic E-state index is 5.42. The predicted octanol–water partition coefficient (Wildman–Crippen LogP) is 1.67. The van der Waals surface area contributed by atoms with Crippen LogP contribution in [0.3, 0.4) is 0 Å². The van der Waals surface area contributed by atoms with Gasteiger partial charge in [-0.25, -0.2) is 9.97 Å². The van der Waals surface area contributed by atoms with Crippen molar-refractivity contribution in [3.63, 3.8) is 0 Å². The molecule has 1 atom stereocenters. The van der Waals surface area contributed by atoms with Gasteiger partial charge in [-0.15, -0.1) is 0 Å². The van der Waals surface area contributed by atoms with Crippen LogP contribution in [0.15, 0.2) is 6.33 Å². The molecule has 0 spiro atoms. The molecule has 0 saturated heterocycles. The van der Waals surface area contributed by atoms with Gasteiger partial charge in [-0.2, -0.15) is 0 Å². The molecule has 108 valence electrons. The first-order chi connectivity index (χ1) is 9.08. The summed E-state index contributed by atoms with van der Waals surface area (Å²) in [5, 5.41) is 6.59. The second-order valence-corrected chi connectivity index (χ2v) is 4.84. The van der Waals surface area contributed by atoms with Crippen molar-refractivity contribution in [3.8, 4) is 5.75 Å². The molecule has 6 heteroatoms.